The van der Waals surface area contributed by atoms with E-state index < -0.39 is 20.0 Å². The largest absolute Gasteiger partial charge is 0.393 e. The maximum absolute atomic E-state index is 12.8. The second-order valence-electron chi connectivity index (χ2n) is 9.16. The Kier molecular flexibility index (Phi) is 7.43. The maximum Gasteiger partial charge on any atom is 0.261 e. The number of hydrogen-bond donors (Lipinski definition) is 3. The van der Waals surface area contributed by atoms with E-state index in [0.29, 0.717) is 37.3 Å². The van der Waals surface area contributed by atoms with Crippen molar-refractivity contribution in [1.82, 2.24) is 4.72 Å². The molecule has 3 N–H and O–H groups in total. The highest BCUT2D eigenvalue weighted by molar-refractivity contribution is 7.92. The lowest BCUT2D eigenvalue weighted by Crippen LogP contribution is -2.38. The first kappa shape index (κ1) is 24.2. The van der Waals surface area contributed by atoms with Gasteiger partial charge in [0.15, 0.2) is 0 Å². The van der Waals surface area contributed by atoms with Crippen LogP contribution < -0.4 is 9.44 Å². The van der Waals surface area contributed by atoms with Gasteiger partial charge in [-0.1, -0.05) is 31.4 Å². The number of nitrogens with one attached hydrogen (secondary N) is 2. The van der Waals surface area contributed by atoms with Gasteiger partial charge in [0.05, 0.1) is 15.9 Å². The second-order valence-corrected chi connectivity index (χ2v) is 12.6. The Morgan fingerprint density at radius 2 is 1.21 bits per heavy atom. The molecule has 0 heterocycles. The minimum Gasteiger partial charge on any atom is -0.393 e. The standard InChI is InChI=1S/C24H32N2O5S2/c27-22-12-8-20(9-13-22)25-33(30,31)24-16-10-21(11-17-24)26-32(28,29)23-14-6-19(7-15-23)18-4-2-1-3-5-18/h6-7,10-11,14-18,20,22,25-27H,1-5,8-9,12-13H2. The summed E-state index contributed by atoms with van der Waals surface area (Å²) in [4.78, 5) is 0.258. The number of sulfonamides is 2. The summed E-state index contributed by atoms with van der Waals surface area (Å²) in [5, 5.41) is 9.59. The van der Waals surface area contributed by atoms with Gasteiger partial charge in [0.25, 0.3) is 10.0 Å². The lowest BCUT2D eigenvalue weighted by atomic mass is 9.84. The van der Waals surface area contributed by atoms with Crippen molar-refractivity contribution in [2.75, 3.05) is 4.72 Å². The van der Waals surface area contributed by atoms with Crippen LogP contribution in [0.5, 0.6) is 0 Å². The van der Waals surface area contributed by atoms with Crippen LogP contribution in [0.2, 0.25) is 0 Å². The van der Waals surface area contributed by atoms with Crippen molar-refractivity contribution < 1.29 is 21.9 Å². The Balaban J connectivity index is 1.40. The van der Waals surface area contributed by atoms with E-state index in [-0.39, 0.29) is 21.9 Å². The van der Waals surface area contributed by atoms with Crippen molar-refractivity contribution >= 4 is 25.7 Å². The van der Waals surface area contributed by atoms with Crippen LogP contribution in [-0.2, 0) is 20.0 Å². The number of benzene rings is 2. The van der Waals surface area contributed by atoms with Crippen LogP contribution >= 0.6 is 0 Å². The molecular formula is C24H32N2O5S2. The highest BCUT2D eigenvalue weighted by atomic mass is 32.2. The van der Waals surface area contributed by atoms with Gasteiger partial charge in [-0.15, -0.1) is 0 Å². The summed E-state index contributed by atoms with van der Waals surface area (Å²) in [6.45, 7) is 0. The number of aliphatic hydroxyl groups is 1. The normalized spacial score (nSPS) is 22.7. The molecule has 0 amide bonds. The molecule has 9 heteroatoms. The van der Waals surface area contributed by atoms with E-state index in [0.717, 1.165) is 12.8 Å². The summed E-state index contributed by atoms with van der Waals surface area (Å²) in [5.74, 6) is 0.505. The summed E-state index contributed by atoms with van der Waals surface area (Å²) in [5.41, 5.74) is 1.48. The lowest BCUT2D eigenvalue weighted by Gasteiger charge is -2.26. The quantitative estimate of drug-likeness (QED) is 0.538. The molecule has 0 atom stereocenters. The molecule has 0 aliphatic heterocycles. The molecule has 2 saturated carbocycles. The second kappa shape index (κ2) is 10.1. The predicted octanol–water partition coefficient (Wildman–Crippen LogP) is 4.12. The Morgan fingerprint density at radius 3 is 1.82 bits per heavy atom. The molecule has 0 spiro atoms. The van der Waals surface area contributed by atoms with Crippen LogP contribution in [0.3, 0.4) is 0 Å². The Bertz CT molecular complexity index is 1130. The molecule has 2 fully saturated rings. The van der Waals surface area contributed by atoms with Gasteiger partial charge in [0.2, 0.25) is 10.0 Å². The topological polar surface area (TPSA) is 113 Å². The molecular weight excluding hydrogens is 460 g/mol. The molecule has 2 aromatic carbocycles. The monoisotopic (exact) mass is 492 g/mol. The fraction of sp³-hybridized carbons (Fsp3) is 0.500. The highest BCUT2D eigenvalue weighted by Crippen LogP contribution is 2.33. The maximum atomic E-state index is 12.8. The Hall–Kier alpha value is -1.94. The fourth-order valence-corrected chi connectivity index (χ4v) is 7.12. The molecule has 33 heavy (non-hydrogen) atoms. The number of hydrogen-bond acceptors (Lipinski definition) is 5. The summed E-state index contributed by atoms with van der Waals surface area (Å²) in [6, 6.07) is 12.6. The fourth-order valence-electron chi connectivity index (χ4n) is 4.75. The van der Waals surface area contributed by atoms with Gasteiger partial charge in [-0.05, 0) is 86.4 Å². The van der Waals surface area contributed by atoms with Gasteiger partial charge in [-0.2, -0.15) is 0 Å². The van der Waals surface area contributed by atoms with E-state index in [1.54, 1.807) is 12.1 Å². The third-order valence-electron chi connectivity index (χ3n) is 6.70. The number of aliphatic hydroxyl groups excluding tert-OH is 1. The van der Waals surface area contributed by atoms with E-state index in [9.17, 15) is 21.9 Å². The van der Waals surface area contributed by atoms with Crippen LogP contribution in [0.1, 0.15) is 69.3 Å². The van der Waals surface area contributed by atoms with Gasteiger partial charge in [0, 0.05) is 11.7 Å². The zero-order valence-corrected chi connectivity index (χ0v) is 20.2. The summed E-state index contributed by atoms with van der Waals surface area (Å²) in [7, 11) is -7.49. The van der Waals surface area contributed by atoms with Crippen LogP contribution in [0.4, 0.5) is 5.69 Å². The van der Waals surface area contributed by atoms with E-state index in [1.165, 1.54) is 49.1 Å². The minimum atomic E-state index is -3.78. The summed E-state index contributed by atoms with van der Waals surface area (Å²) < 4.78 is 56.1. The molecule has 0 bridgehead atoms. The van der Waals surface area contributed by atoms with Crippen molar-refractivity contribution in [3.05, 3.63) is 54.1 Å². The Labute approximate surface area is 196 Å². The first-order valence-corrected chi connectivity index (χ1v) is 14.6. The SMILES string of the molecule is O=S(=O)(Nc1ccc(S(=O)(=O)NC2CCC(O)CC2)cc1)c1ccc(C2CCCCC2)cc1. The first-order valence-electron chi connectivity index (χ1n) is 11.7. The van der Waals surface area contributed by atoms with Crippen LogP contribution in [0, 0.1) is 0 Å². The van der Waals surface area contributed by atoms with Crippen molar-refractivity contribution in [3.63, 3.8) is 0 Å². The van der Waals surface area contributed by atoms with E-state index in [4.69, 9.17) is 0 Å². The summed E-state index contributed by atoms with van der Waals surface area (Å²) in [6.07, 6.45) is 8.00. The molecule has 0 radical (unpaired) electrons. The molecule has 180 valence electrons. The van der Waals surface area contributed by atoms with Gasteiger partial charge in [-0.25, -0.2) is 21.6 Å². The van der Waals surface area contributed by atoms with Crippen molar-refractivity contribution in [1.29, 1.82) is 0 Å². The van der Waals surface area contributed by atoms with Crippen LogP contribution in [0.25, 0.3) is 0 Å². The van der Waals surface area contributed by atoms with Crippen LogP contribution in [0.15, 0.2) is 58.3 Å². The molecule has 2 aliphatic carbocycles. The van der Waals surface area contributed by atoms with Gasteiger partial charge in [0.1, 0.15) is 0 Å². The molecule has 0 unspecified atom stereocenters. The van der Waals surface area contributed by atoms with E-state index in [2.05, 4.69) is 9.44 Å². The first-order chi connectivity index (χ1) is 15.7. The number of anilines is 1. The summed E-state index contributed by atoms with van der Waals surface area (Å²) >= 11 is 0. The highest BCUT2D eigenvalue weighted by Gasteiger charge is 2.25. The molecule has 0 aromatic heterocycles. The number of rotatable bonds is 7. The zero-order chi connectivity index (χ0) is 23.5. The third kappa shape index (κ3) is 6.15. The average Bonchev–Trinajstić information content (AvgIpc) is 2.81. The van der Waals surface area contributed by atoms with Gasteiger partial charge < -0.3 is 5.11 Å². The van der Waals surface area contributed by atoms with E-state index in [1.807, 2.05) is 12.1 Å². The van der Waals surface area contributed by atoms with Gasteiger partial charge in [-0.3, -0.25) is 4.72 Å². The molecule has 4 rings (SSSR count). The molecule has 2 aromatic rings. The smallest absolute Gasteiger partial charge is 0.261 e. The molecule has 0 saturated heterocycles. The molecule has 7 nitrogen and oxygen atoms in total. The minimum absolute atomic E-state index is 0.0772. The Morgan fingerprint density at radius 1 is 0.667 bits per heavy atom. The average molecular weight is 493 g/mol. The predicted molar refractivity (Wildman–Crippen MR) is 128 cm³/mol. The van der Waals surface area contributed by atoms with Gasteiger partial charge >= 0.3 is 0 Å². The van der Waals surface area contributed by atoms with Crippen molar-refractivity contribution in [2.45, 2.75) is 85.6 Å². The molecule has 2 aliphatic rings. The zero-order valence-electron chi connectivity index (χ0n) is 18.6. The lowest BCUT2D eigenvalue weighted by molar-refractivity contribution is 0.120. The van der Waals surface area contributed by atoms with Crippen molar-refractivity contribution in [3.8, 4) is 0 Å². The van der Waals surface area contributed by atoms with E-state index >= 15 is 0 Å². The third-order valence-corrected chi connectivity index (χ3v) is 9.64. The van der Waals surface area contributed by atoms with Crippen LogP contribution in [-0.4, -0.2) is 34.1 Å². The van der Waals surface area contributed by atoms with Crippen molar-refractivity contribution in [2.24, 2.45) is 0 Å².